The third-order valence-electron chi connectivity index (χ3n) is 3.50. The number of halogens is 2. The molecule has 6 heteroatoms. The molecule has 0 radical (unpaired) electrons. The molecule has 0 aliphatic rings. The minimum atomic E-state index is 0.362. The number of thiophene rings is 2. The average Bonchev–Trinajstić information content (AvgIpc) is 2.86. The van der Waals surface area contributed by atoms with E-state index in [4.69, 9.17) is 23.2 Å². The van der Waals surface area contributed by atoms with Gasteiger partial charge in [-0.1, -0.05) is 23.2 Å². The van der Waals surface area contributed by atoms with Crippen molar-refractivity contribution >= 4 is 57.0 Å². The number of allylic oxidation sites excluding steroid dienone is 2. The second-order valence-corrected chi connectivity index (χ2v) is 8.49. The summed E-state index contributed by atoms with van der Waals surface area (Å²) in [5.41, 5.74) is 3.92. The van der Waals surface area contributed by atoms with E-state index in [1.807, 2.05) is 27.7 Å². The predicted octanol–water partition coefficient (Wildman–Crippen LogP) is 6.31. The van der Waals surface area contributed by atoms with E-state index in [0.717, 1.165) is 32.0 Å². The number of hydrogen-bond acceptors (Lipinski definition) is 4. The Morgan fingerprint density at radius 3 is 1.27 bits per heavy atom. The van der Waals surface area contributed by atoms with Crippen LogP contribution in [0.5, 0.6) is 0 Å². The maximum atomic E-state index is 9.66. The molecule has 0 aliphatic carbocycles. The molecule has 2 nitrogen and oxygen atoms in total. The minimum absolute atomic E-state index is 0.362. The first-order valence-corrected chi connectivity index (χ1v) is 8.78. The van der Waals surface area contributed by atoms with Crippen molar-refractivity contribution in [3.05, 3.63) is 40.7 Å². The largest absolute Gasteiger partial charge is 0.192 e. The highest BCUT2D eigenvalue weighted by Crippen LogP contribution is 2.42. The second kappa shape index (κ2) is 6.44. The summed E-state index contributed by atoms with van der Waals surface area (Å²) < 4.78 is 1.30. The van der Waals surface area contributed by atoms with E-state index < -0.39 is 0 Å². The van der Waals surface area contributed by atoms with Crippen LogP contribution in [0.4, 0.5) is 0 Å². The molecular formula is C16H12Cl2N2S2. The Morgan fingerprint density at radius 1 is 0.773 bits per heavy atom. The first-order valence-electron chi connectivity index (χ1n) is 6.39. The zero-order valence-corrected chi connectivity index (χ0v) is 15.6. The predicted molar refractivity (Wildman–Crippen MR) is 95.6 cm³/mol. The fraction of sp³-hybridized carbons (Fsp3) is 0.250. The number of nitrogens with zero attached hydrogens (tertiary/aromatic N) is 2. The van der Waals surface area contributed by atoms with Crippen LogP contribution in [0.2, 0.25) is 8.67 Å². The highest BCUT2D eigenvalue weighted by molar-refractivity contribution is 7.17. The van der Waals surface area contributed by atoms with Gasteiger partial charge in [-0.05, 0) is 38.8 Å². The van der Waals surface area contributed by atoms with Crippen LogP contribution >= 0.6 is 45.9 Å². The lowest BCUT2D eigenvalue weighted by Crippen LogP contribution is -1.93. The second-order valence-electron chi connectivity index (χ2n) is 4.84. The third kappa shape index (κ3) is 2.69. The summed E-state index contributed by atoms with van der Waals surface area (Å²) in [4.78, 5) is 1.87. The highest BCUT2D eigenvalue weighted by atomic mass is 35.5. The first kappa shape index (κ1) is 17.1. The Morgan fingerprint density at radius 2 is 1.09 bits per heavy atom. The van der Waals surface area contributed by atoms with Crippen molar-refractivity contribution in [3.8, 4) is 12.1 Å². The van der Waals surface area contributed by atoms with E-state index in [0.29, 0.717) is 19.8 Å². The highest BCUT2D eigenvalue weighted by Gasteiger charge is 2.23. The maximum absolute atomic E-state index is 9.66. The van der Waals surface area contributed by atoms with Gasteiger partial charge in [-0.3, -0.25) is 0 Å². The summed E-state index contributed by atoms with van der Waals surface area (Å²) in [7, 11) is 0. The SMILES string of the molecule is Cc1sc(Cl)c(C)c1C(C#N)=C(C#N)c1c(C)sc(Cl)c1C. The van der Waals surface area contributed by atoms with E-state index >= 15 is 0 Å². The monoisotopic (exact) mass is 366 g/mol. The van der Waals surface area contributed by atoms with Crippen LogP contribution in [-0.2, 0) is 0 Å². The molecule has 0 fully saturated rings. The van der Waals surface area contributed by atoms with Crippen molar-refractivity contribution < 1.29 is 0 Å². The van der Waals surface area contributed by atoms with Crippen LogP contribution < -0.4 is 0 Å². The van der Waals surface area contributed by atoms with E-state index in [2.05, 4.69) is 12.1 Å². The quantitative estimate of drug-likeness (QED) is 0.584. The Balaban J connectivity index is 2.87. The first-order chi connectivity index (χ1) is 10.3. The number of nitriles is 2. The van der Waals surface area contributed by atoms with Crippen molar-refractivity contribution in [2.45, 2.75) is 27.7 Å². The van der Waals surface area contributed by atoms with Crippen LogP contribution in [0.25, 0.3) is 11.1 Å². The number of hydrogen-bond donors (Lipinski definition) is 0. The van der Waals surface area contributed by atoms with Gasteiger partial charge in [0.2, 0.25) is 0 Å². The van der Waals surface area contributed by atoms with Gasteiger partial charge in [0, 0.05) is 20.9 Å². The van der Waals surface area contributed by atoms with Gasteiger partial charge in [0.15, 0.2) is 0 Å². The zero-order chi connectivity index (χ0) is 16.6. The van der Waals surface area contributed by atoms with Gasteiger partial charge in [-0.2, -0.15) is 10.5 Å². The van der Waals surface area contributed by atoms with Crippen molar-refractivity contribution in [1.29, 1.82) is 10.5 Å². The molecule has 112 valence electrons. The molecular weight excluding hydrogens is 355 g/mol. The van der Waals surface area contributed by atoms with Gasteiger partial charge >= 0.3 is 0 Å². The fourth-order valence-corrected chi connectivity index (χ4v) is 5.10. The molecule has 2 aromatic rings. The number of rotatable bonds is 2. The molecule has 2 aromatic heterocycles. The average molecular weight is 367 g/mol. The normalized spacial score (nSPS) is 11.8. The van der Waals surface area contributed by atoms with Gasteiger partial charge in [0.25, 0.3) is 0 Å². The van der Waals surface area contributed by atoms with Gasteiger partial charge < -0.3 is 0 Å². The number of aryl methyl sites for hydroxylation is 2. The third-order valence-corrected chi connectivity index (χ3v) is 6.52. The Bertz CT molecular complexity index is 801. The summed E-state index contributed by atoms with van der Waals surface area (Å²) in [6.07, 6.45) is 0. The van der Waals surface area contributed by atoms with Gasteiger partial charge in [-0.25, -0.2) is 0 Å². The molecule has 0 unspecified atom stereocenters. The molecule has 0 aliphatic heterocycles. The summed E-state index contributed by atoms with van der Waals surface area (Å²) in [6.45, 7) is 7.55. The zero-order valence-electron chi connectivity index (χ0n) is 12.5. The molecule has 0 saturated heterocycles. The smallest absolute Gasteiger partial charge is 0.101 e. The van der Waals surface area contributed by atoms with Crippen LogP contribution in [0.15, 0.2) is 0 Å². The molecule has 0 amide bonds. The van der Waals surface area contributed by atoms with E-state index in [9.17, 15) is 10.5 Å². The van der Waals surface area contributed by atoms with Crippen molar-refractivity contribution in [1.82, 2.24) is 0 Å². The lowest BCUT2D eigenvalue weighted by Gasteiger charge is -2.07. The lowest BCUT2D eigenvalue weighted by molar-refractivity contribution is 1.41. The van der Waals surface area contributed by atoms with Crippen molar-refractivity contribution in [2.24, 2.45) is 0 Å². The maximum Gasteiger partial charge on any atom is 0.101 e. The lowest BCUT2D eigenvalue weighted by atomic mass is 9.93. The summed E-state index contributed by atoms with van der Waals surface area (Å²) in [5.74, 6) is 0. The Kier molecular flexibility index (Phi) is 5.00. The van der Waals surface area contributed by atoms with E-state index in [1.54, 1.807) is 0 Å². The van der Waals surface area contributed by atoms with E-state index in [-0.39, 0.29) is 0 Å². The van der Waals surface area contributed by atoms with Gasteiger partial charge in [-0.15, -0.1) is 22.7 Å². The molecule has 0 aromatic carbocycles. The molecule has 2 heterocycles. The Hall–Kier alpha value is -1.30. The van der Waals surface area contributed by atoms with Crippen LogP contribution in [0, 0.1) is 50.4 Å². The van der Waals surface area contributed by atoms with Gasteiger partial charge in [0.05, 0.1) is 19.8 Å². The molecule has 0 atom stereocenters. The molecule has 2 rings (SSSR count). The standard InChI is InChI=1S/C16H12Cl2N2S2/c1-7-13(9(3)21-15(7)17)11(5-19)12(6-20)14-8(2)16(18)22-10(14)4/h1-4H3. The fourth-order valence-electron chi connectivity index (χ4n) is 2.45. The molecule has 0 saturated carbocycles. The van der Waals surface area contributed by atoms with Crippen LogP contribution in [-0.4, -0.2) is 0 Å². The summed E-state index contributed by atoms with van der Waals surface area (Å²) in [6, 6.07) is 4.39. The summed E-state index contributed by atoms with van der Waals surface area (Å²) in [5, 5.41) is 19.3. The molecule has 0 N–H and O–H groups in total. The van der Waals surface area contributed by atoms with Crippen LogP contribution in [0.3, 0.4) is 0 Å². The Labute approximate surface area is 147 Å². The molecule has 0 bridgehead atoms. The topological polar surface area (TPSA) is 47.6 Å². The van der Waals surface area contributed by atoms with Gasteiger partial charge in [0.1, 0.15) is 12.1 Å². The minimum Gasteiger partial charge on any atom is -0.192 e. The van der Waals surface area contributed by atoms with Crippen LogP contribution in [0.1, 0.15) is 32.0 Å². The molecule has 0 spiro atoms. The molecule has 22 heavy (non-hydrogen) atoms. The summed E-state index contributed by atoms with van der Waals surface area (Å²) >= 11 is 15.2. The van der Waals surface area contributed by atoms with Crippen molar-refractivity contribution in [2.75, 3.05) is 0 Å². The van der Waals surface area contributed by atoms with E-state index in [1.165, 1.54) is 22.7 Å². The van der Waals surface area contributed by atoms with Crippen molar-refractivity contribution in [3.63, 3.8) is 0 Å².